The average Bonchev–Trinajstić information content (AvgIpc) is 3.56. The molecule has 3 rings (SSSR count). The van der Waals surface area contributed by atoms with Gasteiger partial charge in [-0.2, -0.15) is 0 Å². The van der Waals surface area contributed by atoms with Gasteiger partial charge in [0, 0.05) is 10.3 Å². The fraction of sp³-hybridized carbons (Fsp3) is 0.667. The van der Waals surface area contributed by atoms with E-state index in [1.54, 1.807) is 11.3 Å². The molecule has 0 aromatic carbocycles. The van der Waals surface area contributed by atoms with Gasteiger partial charge in [0.05, 0.1) is 16.0 Å². The largest absolute Gasteiger partial charge is 0.288 e. The standard InChI is InChI=1S/C30H45NO2S2/c1-2-3-4-5-6-7-8-9-10-11-12-13-14-15-16-17-18-19-20-24-21-26(34-22-24)28-27-25(23-35-28)29(32)31-30(27)33/h21-23H,2-20H2,1H3,(H,31,32,33). The predicted octanol–water partition coefficient (Wildman–Crippen LogP) is 9.94. The summed E-state index contributed by atoms with van der Waals surface area (Å²) in [7, 11) is 0. The van der Waals surface area contributed by atoms with Gasteiger partial charge in [-0.05, 0) is 29.9 Å². The van der Waals surface area contributed by atoms with E-state index < -0.39 is 0 Å². The summed E-state index contributed by atoms with van der Waals surface area (Å²) < 4.78 is 0. The summed E-state index contributed by atoms with van der Waals surface area (Å²) in [4.78, 5) is 25.9. The second-order valence-corrected chi connectivity index (χ2v) is 12.0. The Kier molecular flexibility index (Phi) is 13.1. The van der Waals surface area contributed by atoms with E-state index in [2.05, 4.69) is 23.7 Å². The highest BCUT2D eigenvalue weighted by Gasteiger charge is 2.32. The van der Waals surface area contributed by atoms with Crippen LogP contribution < -0.4 is 5.32 Å². The van der Waals surface area contributed by atoms with Crippen molar-refractivity contribution in [2.75, 3.05) is 0 Å². The lowest BCUT2D eigenvalue weighted by Gasteiger charge is -2.04. The number of unbranched alkanes of at least 4 members (excludes halogenated alkanes) is 17. The number of aryl methyl sites for hydroxylation is 1. The van der Waals surface area contributed by atoms with Crippen LogP contribution in [0.3, 0.4) is 0 Å². The summed E-state index contributed by atoms with van der Waals surface area (Å²) in [6.45, 7) is 2.29. The molecule has 5 heteroatoms. The fourth-order valence-corrected chi connectivity index (χ4v) is 7.16. The molecule has 2 aromatic heterocycles. The van der Waals surface area contributed by atoms with Crippen LogP contribution in [0.1, 0.15) is 149 Å². The van der Waals surface area contributed by atoms with E-state index >= 15 is 0 Å². The SMILES string of the molecule is CCCCCCCCCCCCCCCCCCCCc1csc(-c2scc3c2C(=O)NC3=O)c1. The van der Waals surface area contributed by atoms with Crippen LogP contribution >= 0.6 is 22.7 Å². The highest BCUT2D eigenvalue weighted by atomic mass is 32.1. The van der Waals surface area contributed by atoms with Crippen molar-refractivity contribution in [2.45, 2.75) is 129 Å². The number of carbonyl (C=O) groups is 2. The molecule has 2 aromatic rings. The minimum Gasteiger partial charge on any atom is -0.288 e. The van der Waals surface area contributed by atoms with Crippen LogP contribution in [0.15, 0.2) is 16.8 Å². The third-order valence-corrected chi connectivity index (χ3v) is 9.33. The second-order valence-electron chi connectivity index (χ2n) is 10.2. The minimum absolute atomic E-state index is 0.250. The topological polar surface area (TPSA) is 46.2 Å². The van der Waals surface area contributed by atoms with Crippen molar-refractivity contribution in [3.63, 3.8) is 0 Å². The maximum atomic E-state index is 12.1. The smallest absolute Gasteiger partial charge is 0.260 e. The number of hydrogen-bond acceptors (Lipinski definition) is 4. The molecule has 3 heterocycles. The quantitative estimate of drug-likeness (QED) is 0.141. The highest BCUT2D eigenvalue weighted by molar-refractivity contribution is 7.21. The molecule has 0 atom stereocenters. The van der Waals surface area contributed by atoms with Crippen molar-refractivity contribution in [3.8, 4) is 9.75 Å². The lowest BCUT2D eigenvalue weighted by molar-refractivity contribution is 0.0879. The molecular weight excluding hydrogens is 470 g/mol. The summed E-state index contributed by atoms with van der Waals surface area (Å²) in [6, 6.07) is 2.21. The van der Waals surface area contributed by atoms with Gasteiger partial charge in [-0.1, -0.05) is 116 Å². The molecule has 0 unspecified atom stereocenters. The van der Waals surface area contributed by atoms with Crippen molar-refractivity contribution >= 4 is 34.5 Å². The van der Waals surface area contributed by atoms with Crippen LogP contribution in [0.25, 0.3) is 9.75 Å². The Morgan fingerprint density at radius 3 is 1.69 bits per heavy atom. The summed E-state index contributed by atoms with van der Waals surface area (Å²) >= 11 is 3.19. The van der Waals surface area contributed by atoms with Crippen molar-refractivity contribution < 1.29 is 9.59 Å². The second kappa shape index (κ2) is 16.3. The van der Waals surface area contributed by atoms with Crippen molar-refractivity contribution in [3.05, 3.63) is 33.5 Å². The Labute approximate surface area is 221 Å². The number of fused-ring (bicyclic) bond motifs is 1. The number of nitrogens with one attached hydrogen (secondary N) is 1. The Morgan fingerprint density at radius 1 is 0.629 bits per heavy atom. The van der Waals surface area contributed by atoms with Gasteiger partial charge >= 0.3 is 0 Å². The lowest BCUT2D eigenvalue weighted by Crippen LogP contribution is -2.20. The molecule has 0 saturated heterocycles. The minimum atomic E-state index is -0.261. The van der Waals surface area contributed by atoms with Crippen LogP contribution in [0, 0.1) is 0 Å². The summed E-state index contributed by atoms with van der Waals surface area (Å²) in [5.74, 6) is -0.511. The van der Waals surface area contributed by atoms with Crippen LogP contribution in [-0.2, 0) is 6.42 Å². The fourth-order valence-electron chi connectivity index (χ4n) is 5.02. The first-order valence-corrected chi connectivity index (χ1v) is 16.0. The van der Waals surface area contributed by atoms with E-state index in [-0.39, 0.29) is 11.8 Å². The van der Waals surface area contributed by atoms with Gasteiger partial charge in [0.15, 0.2) is 0 Å². The van der Waals surface area contributed by atoms with Crippen LogP contribution in [-0.4, -0.2) is 11.8 Å². The van der Waals surface area contributed by atoms with Crippen LogP contribution in [0.2, 0.25) is 0 Å². The number of rotatable bonds is 20. The Bertz CT molecular complexity index is 898. The van der Waals surface area contributed by atoms with Crippen molar-refractivity contribution in [2.24, 2.45) is 0 Å². The summed E-state index contributed by atoms with van der Waals surface area (Å²) in [5.41, 5.74) is 2.46. The zero-order valence-corrected chi connectivity index (χ0v) is 23.4. The normalized spacial score (nSPS) is 12.9. The number of thiophene rings is 2. The van der Waals surface area contributed by atoms with Crippen molar-refractivity contribution in [1.82, 2.24) is 5.32 Å². The lowest BCUT2D eigenvalue weighted by atomic mass is 10.0. The van der Waals surface area contributed by atoms with Crippen LogP contribution in [0.5, 0.6) is 0 Å². The third-order valence-electron chi connectivity index (χ3n) is 7.19. The van der Waals surface area contributed by atoms with Gasteiger partial charge < -0.3 is 0 Å². The van der Waals surface area contributed by atoms with Gasteiger partial charge in [0.2, 0.25) is 0 Å². The van der Waals surface area contributed by atoms with E-state index in [0.717, 1.165) is 16.2 Å². The van der Waals surface area contributed by atoms with Gasteiger partial charge in [0.25, 0.3) is 11.8 Å². The molecule has 1 aliphatic heterocycles. The number of carbonyl (C=O) groups excluding carboxylic acids is 2. The predicted molar refractivity (Wildman–Crippen MR) is 152 cm³/mol. The Balaban J connectivity index is 1.13. The maximum Gasteiger partial charge on any atom is 0.260 e. The molecule has 194 valence electrons. The zero-order valence-electron chi connectivity index (χ0n) is 21.8. The van der Waals surface area contributed by atoms with E-state index in [0.29, 0.717) is 11.1 Å². The molecule has 1 aliphatic rings. The highest BCUT2D eigenvalue weighted by Crippen LogP contribution is 2.38. The Hall–Kier alpha value is -1.46. The first-order chi connectivity index (χ1) is 17.2. The van der Waals surface area contributed by atoms with E-state index in [1.165, 1.54) is 132 Å². The van der Waals surface area contributed by atoms with Gasteiger partial charge in [-0.25, -0.2) is 0 Å². The summed E-state index contributed by atoms with van der Waals surface area (Å²) in [6.07, 6.45) is 26.4. The van der Waals surface area contributed by atoms with Crippen molar-refractivity contribution in [1.29, 1.82) is 0 Å². The van der Waals surface area contributed by atoms with Gasteiger partial charge in [-0.15, -0.1) is 22.7 Å². The molecule has 0 radical (unpaired) electrons. The number of amides is 2. The molecule has 2 amide bonds. The maximum absolute atomic E-state index is 12.1. The molecule has 1 N–H and O–H groups in total. The molecule has 0 bridgehead atoms. The first kappa shape index (κ1) is 28.1. The van der Waals surface area contributed by atoms with E-state index in [9.17, 15) is 9.59 Å². The molecule has 0 saturated carbocycles. The number of hydrogen-bond donors (Lipinski definition) is 1. The third kappa shape index (κ3) is 9.49. The van der Waals surface area contributed by atoms with Gasteiger partial charge in [0.1, 0.15) is 0 Å². The van der Waals surface area contributed by atoms with Gasteiger partial charge in [-0.3, -0.25) is 14.9 Å². The van der Waals surface area contributed by atoms with E-state index in [1.807, 2.05) is 5.38 Å². The van der Waals surface area contributed by atoms with E-state index in [4.69, 9.17) is 0 Å². The average molecular weight is 516 g/mol. The van der Waals surface area contributed by atoms with Crippen LogP contribution in [0.4, 0.5) is 0 Å². The molecule has 0 spiro atoms. The monoisotopic (exact) mass is 515 g/mol. The number of imide groups is 1. The molecular formula is C30H45NO2S2. The molecule has 3 nitrogen and oxygen atoms in total. The molecule has 35 heavy (non-hydrogen) atoms. The zero-order chi connectivity index (χ0) is 24.7. The Morgan fingerprint density at radius 2 is 1.14 bits per heavy atom. The summed E-state index contributed by atoms with van der Waals surface area (Å²) in [5, 5.41) is 6.42. The molecule has 0 fully saturated rings. The molecule has 0 aliphatic carbocycles. The first-order valence-electron chi connectivity index (χ1n) is 14.3.